The number of ether oxygens (including phenoxy) is 2. The van der Waals surface area contributed by atoms with E-state index in [1.165, 1.54) is 14.2 Å². The van der Waals surface area contributed by atoms with Gasteiger partial charge in [0.15, 0.2) is 5.41 Å². The van der Waals surface area contributed by atoms with Crippen molar-refractivity contribution in [1.82, 2.24) is 0 Å². The fraction of sp³-hybridized carbons (Fsp3) is 0.333. The average molecular weight is 300 g/mol. The summed E-state index contributed by atoms with van der Waals surface area (Å²) in [5.41, 5.74) is -0.616. The van der Waals surface area contributed by atoms with Crippen LogP contribution < -0.4 is 0 Å². The SMILES string of the molecule is C/C=C/CC(CC#Cc1ccccc1)(C(=O)OC)C(=O)OC. The van der Waals surface area contributed by atoms with Crippen molar-refractivity contribution < 1.29 is 19.1 Å². The van der Waals surface area contributed by atoms with Crippen LogP contribution in [0.2, 0.25) is 0 Å². The summed E-state index contributed by atoms with van der Waals surface area (Å²) < 4.78 is 9.59. The highest BCUT2D eigenvalue weighted by atomic mass is 16.5. The van der Waals surface area contributed by atoms with E-state index in [0.29, 0.717) is 0 Å². The second-order valence-corrected chi connectivity index (χ2v) is 4.68. The van der Waals surface area contributed by atoms with E-state index in [1.54, 1.807) is 12.2 Å². The maximum Gasteiger partial charge on any atom is 0.324 e. The number of benzene rings is 1. The first-order valence-corrected chi connectivity index (χ1v) is 6.92. The van der Waals surface area contributed by atoms with Gasteiger partial charge in [-0.3, -0.25) is 9.59 Å². The van der Waals surface area contributed by atoms with Crippen molar-refractivity contribution in [3.63, 3.8) is 0 Å². The zero-order valence-electron chi connectivity index (χ0n) is 13.1. The zero-order chi connectivity index (χ0) is 16.4. The monoisotopic (exact) mass is 300 g/mol. The zero-order valence-corrected chi connectivity index (χ0v) is 13.1. The molecule has 0 atom stereocenters. The minimum absolute atomic E-state index is 0.0333. The van der Waals surface area contributed by atoms with Crippen LogP contribution >= 0.6 is 0 Å². The fourth-order valence-electron chi connectivity index (χ4n) is 1.99. The third-order valence-corrected chi connectivity index (χ3v) is 3.25. The molecule has 0 N–H and O–H groups in total. The van der Waals surface area contributed by atoms with Gasteiger partial charge in [0, 0.05) is 12.0 Å². The van der Waals surface area contributed by atoms with Crippen molar-refractivity contribution >= 4 is 11.9 Å². The predicted molar refractivity (Wildman–Crippen MR) is 83.8 cm³/mol. The molecule has 0 unspecified atom stereocenters. The molecule has 1 rings (SSSR count). The lowest BCUT2D eigenvalue weighted by Crippen LogP contribution is -2.40. The van der Waals surface area contributed by atoms with E-state index in [-0.39, 0.29) is 12.8 Å². The quantitative estimate of drug-likeness (QED) is 0.363. The molecule has 0 amide bonds. The normalized spacial score (nSPS) is 10.7. The van der Waals surface area contributed by atoms with Gasteiger partial charge in [-0.1, -0.05) is 42.2 Å². The Balaban J connectivity index is 3.11. The molecule has 4 nitrogen and oxygen atoms in total. The summed E-state index contributed by atoms with van der Waals surface area (Å²) in [6.45, 7) is 1.81. The van der Waals surface area contributed by atoms with Gasteiger partial charge in [0.2, 0.25) is 0 Å². The number of esters is 2. The molecular weight excluding hydrogens is 280 g/mol. The maximum absolute atomic E-state index is 12.2. The Labute approximate surface area is 131 Å². The van der Waals surface area contributed by atoms with E-state index < -0.39 is 17.4 Å². The number of hydrogen-bond donors (Lipinski definition) is 0. The van der Waals surface area contributed by atoms with Crippen LogP contribution in [0.1, 0.15) is 25.3 Å². The molecule has 0 saturated heterocycles. The summed E-state index contributed by atoms with van der Waals surface area (Å²) in [7, 11) is 2.50. The summed E-state index contributed by atoms with van der Waals surface area (Å²) in [4.78, 5) is 24.3. The molecule has 116 valence electrons. The minimum Gasteiger partial charge on any atom is -0.468 e. The van der Waals surface area contributed by atoms with Crippen molar-refractivity contribution in [2.24, 2.45) is 5.41 Å². The van der Waals surface area contributed by atoms with Gasteiger partial charge in [0.25, 0.3) is 0 Å². The highest BCUT2D eigenvalue weighted by Crippen LogP contribution is 2.30. The Kier molecular flexibility index (Phi) is 6.91. The Morgan fingerprint density at radius 3 is 2.23 bits per heavy atom. The van der Waals surface area contributed by atoms with Crippen molar-refractivity contribution in [1.29, 1.82) is 0 Å². The molecule has 1 aromatic carbocycles. The third kappa shape index (κ3) is 4.23. The van der Waals surface area contributed by atoms with E-state index in [0.717, 1.165) is 5.56 Å². The van der Waals surface area contributed by atoms with E-state index in [9.17, 15) is 9.59 Å². The third-order valence-electron chi connectivity index (χ3n) is 3.25. The van der Waals surface area contributed by atoms with Gasteiger partial charge in [-0.05, 0) is 25.5 Å². The van der Waals surface area contributed by atoms with Crippen LogP contribution in [0.4, 0.5) is 0 Å². The van der Waals surface area contributed by atoms with Crippen LogP contribution in [-0.4, -0.2) is 26.2 Å². The lowest BCUT2D eigenvalue weighted by Gasteiger charge is -2.24. The second-order valence-electron chi connectivity index (χ2n) is 4.68. The molecule has 0 heterocycles. The number of rotatable bonds is 5. The molecule has 0 radical (unpaired) electrons. The molecule has 0 aliphatic rings. The molecule has 1 aromatic rings. The van der Waals surface area contributed by atoms with Crippen molar-refractivity contribution in [3.8, 4) is 11.8 Å². The largest absolute Gasteiger partial charge is 0.468 e. The van der Waals surface area contributed by atoms with Crippen LogP contribution in [-0.2, 0) is 19.1 Å². The van der Waals surface area contributed by atoms with Gasteiger partial charge in [-0.2, -0.15) is 0 Å². The van der Waals surface area contributed by atoms with Gasteiger partial charge < -0.3 is 9.47 Å². The summed E-state index contributed by atoms with van der Waals surface area (Å²) >= 11 is 0. The number of methoxy groups -OCH3 is 2. The fourth-order valence-corrected chi connectivity index (χ4v) is 1.99. The molecule has 4 heteroatoms. The molecule has 0 aliphatic heterocycles. The number of carbonyl (C=O) groups excluding carboxylic acids is 2. The molecule has 0 saturated carbocycles. The van der Waals surface area contributed by atoms with Crippen LogP contribution in [0.3, 0.4) is 0 Å². The molecular formula is C18H20O4. The molecule has 0 aromatic heterocycles. The van der Waals surface area contributed by atoms with E-state index in [2.05, 4.69) is 11.8 Å². The summed E-state index contributed by atoms with van der Waals surface area (Å²) in [6.07, 6.45) is 3.72. The Bertz CT molecular complexity index is 575. The molecule has 0 aliphatic carbocycles. The lowest BCUT2D eigenvalue weighted by molar-refractivity contribution is -0.168. The van der Waals surface area contributed by atoms with Crippen LogP contribution in [0, 0.1) is 17.3 Å². The van der Waals surface area contributed by atoms with Crippen molar-refractivity contribution in [2.45, 2.75) is 19.8 Å². The number of carbonyl (C=O) groups is 2. The second kappa shape index (κ2) is 8.68. The van der Waals surface area contributed by atoms with Crippen LogP contribution in [0.5, 0.6) is 0 Å². The Morgan fingerprint density at radius 2 is 1.73 bits per heavy atom. The molecule has 0 fully saturated rings. The number of allylic oxidation sites excluding steroid dienone is 2. The van der Waals surface area contributed by atoms with E-state index in [4.69, 9.17) is 9.47 Å². The van der Waals surface area contributed by atoms with Gasteiger partial charge in [0.05, 0.1) is 14.2 Å². The van der Waals surface area contributed by atoms with Gasteiger partial charge in [-0.15, -0.1) is 0 Å². The minimum atomic E-state index is -1.43. The van der Waals surface area contributed by atoms with Gasteiger partial charge >= 0.3 is 11.9 Å². The summed E-state index contributed by atoms with van der Waals surface area (Å²) in [6, 6.07) is 9.35. The highest BCUT2D eigenvalue weighted by molar-refractivity contribution is 6.00. The smallest absolute Gasteiger partial charge is 0.324 e. The van der Waals surface area contributed by atoms with Crippen molar-refractivity contribution in [2.75, 3.05) is 14.2 Å². The molecule has 0 bridgehead atoms. The Morgan fingerprint density at radius 1 is 1.14 bits per heavy atom. The summed E-state index contributed by atoms with van der Waals surface area (Å²) in [5.74, 6) is 4.56. The molecule has 0 spiro atoms. The molecule has 22 heavy (non-hydrogen) atoms. The van der Waals surface area contributed by atoms with Gasteiger partial charge in [0.1, 0.15) is 0 Å². The van der Waals surface area contributed by atoms with Gasteiger partial charge in [-0.25, -0.2) is 0 Å². The topological polar surface area (TPSA) is 52.6 Å². The first kappa shape index (κ1) is 17.5. The standard InChI is InChI=1S/C18H20O4/c1-4-5-13-18(16(19)21-2,17(20)22-3)14-9-12-15-10-7-6-8-11-15/h4-8,10-11H,13-14H2,1-3H3/b5-4+. The van der Waals surface area contributed by atoms with E-state index in [1.807, 2.05) is 37.3 Å². The first-order valence-electron chi connectivity index (χ1n) is 6.92. The first-order chi connectivity index (χ1) is 10.6. The number of hydrogen-bond acceptors (Lipinski definition) is 4. The predicted octanol–water partition coefficient (Wildman–Crippen LogP) is 2.73. The van der Waals surface area contributed by atoms with Crippen LogP contribution in [0.25, 0.3) is 0 Å². The van der Waals surface area contributed by atoms with Crippen molar-refractivity contribution in [3.05, 3.63) is 48.0 Å². The maximum atomic E-state index is 12.2. The summed E-state index contributed by atoms with van der Waals surface area (Å²) in [5, 5.41) is 0. The Hall–Kier alpha value is -2.54. The lowest BCUT2D eigenvalue weighted by atomic mass is 9.81. The van der Waals surface area contributed by atoms with E-state index >= 15 is 0 Å². The highest BCUT2D eigenvalue weighted by Gasteiger charge is 2.47. The van der Waals surface area contributed by atoms with Crippen LogP contribution in [0.15, 0.2) is 42.5 Å². The average Bonchev–Trinajstić information content (AvgIpc) is 2.57.